The second-order valence-corrected chi connectivity index (χ2v) is 12.4. The molecule has 2 aromatic carbocycles. The first-order valence-electron chi connectivity index (χ1n) is 15.3. The lowest BCUT2D eigenvalue weighted by Crippen LogP contribution is -2.33. The smallest absolute Gasteiger partial charge is 0.338 e. The Bertz CT molecular complexity index is 1740. The Morgan fingerprint density at radius 2 is 1.60 bits per heavy atom. The number of carbonyl (C=O) groups excluding carboxylic acids is 2. The van der Waals surface area contributed by atoms with E-state index in [0.29, 0.717) is 16.7 Å². The van der Waals surface area contributed by atoms with Crippen LogP contribution in [0, 0.1) is 13.8 Å². The standard InChI is InChI=1S/C35H38N2O7S/c1-4-5-6-7-8-24-17-18-45-31(24)27-20-37(35(41)36-32(27)38)30-19-28(44-34(40)26-15-11-23(3)12-16-26)29(43-30)21-42-33(39)25-13-9-22(2)10-14-25/h9-18,20,28-30H,4-8,19,21H2,1-3H3,(H,36,38,41)/t28-,29+,30-/m0/s1. The maximum absolute atomic E-state index is 13.1. The van der Waals surface area contributed by atoms with Crippen molar-refractivity contribution < 1.29 is 23.8 Å². The summed E-state index contributed by atoms with van der Waals surface area (Å²) in [5.74, 6) is -1.10. The maximum Gasteiger partial charge on any atom is 0.338 e. The van der Waals surface area contributed by atoms with Crippen LogP contribution in [0.15, 0.2) is 75.8 Å². The van der Waals surface area contributed by atoms with Gasteiger partial charge in [-0.05, 0) is 68.0 Å². The van der Waals surface area contributed by atoms with Gasteiger partial charge in [-0.1, -0.05) is 61.6 Å². The van der Waals surface area contributed by atoms with Crippen LogP contribution in [0.5, 0.6) is 0 Å². The summed E-state index contributed by atoms with van der Waals surface area (Å²) in [6, 6.07) is 16.0. The highest BCUT2D eigenvalue weighted by molar-refractivity contribution is 7.13. The minimum atomic E-state index is -0.875. The SMILES string of the molecule is CCCCCCc1ccsc1-c1cn([C@@H]2C[C@H](OC(=O)c3ccc(C)cc3)[C@@H](COC(=O)c3ccc(C)cc3)O2)c(=O)[nH]c1=O. The number of benzene rings is 2. The molecule has 236 valence electrons. The number of aromatic nitrogens is 2. The molecule has 9 nitrogen and oxygen atoms in total. The molecule has 3 atom stereocenters. The number of H-pyrrole nitrogens is 1. The third kappa shape index (κ3) is 7.87. The largest absolute Gasteiger partial charge is 0.459 e. The molecule has 0 radical (unpaired) electrons. The number of unbranched alkanes of at least 4 members (excludes halogenated alkanes) is 3. The van der Waals surface area contributed by atoms with E-state index >= 15 is 0 Å². The van der Waals surface area contributed by atoms with Crippen molar-refractivity contribution in [2.24, 2.45) is 0 Å². The number of hydrogen-bond donors (Lipinski definition) is 1. The van der Waals surface area contributed by atoms with Crippen molar-refractivity contribution in [3.05, 3.63) is 115 Å². The van der Waals surface area contributed by atoms with Gasteiger partial charge >= 0.3 is 17.6 Å². The highest BCUT2D eigenvalue weighted by atomic mass is 32.1. The van der Waals surface area contributed by atoms with Gasteiger partial charge in [-0.15, -0.1) is 11.3 Å². The first-order valence-corrected chi connectivity index (χ1v) is 16.2. The lowest BCUT2D eigenvalue weighted by molar-refractivity contribution is -0.0582. The molecule has 2 aromatic heterocycles. The molecule has 0 unspecified atom stereocenters. The van der Waals surface area contributed by atoms with Crippen molar-refractivity contribution in [3.63, 3.8) is 0 Å². The zero-order valence-electron chi connectivity index (χ0n) is 25.7. The van der Waals surface area contributed by atoms with Crippen LogP contribution < -0.4 is 11.2 Å². The molecule has 45 heavy (non-hydrogen) atoms. The molecule has 1 saturated heterocycles. The molecule has 5 rings (SSSR count). The summed E-state index contributed by atoms with van der Waals surface area (Å²) in [5.41, 5.74) is 3.07. The van der Waals surface area contributed by atoms with E-state index < -0.39 is 41.6 Å². The second-order valence-electron chi connectivity index (χ2n) is 11.4. The monoisotopic (exact) mass is 630 g/mol. The van der Waals surface area contributed by atoms with E-state index in [0.717, 1.165) is 53.7 Å². The van der Waals surface area contributed by atoms with Crippen LogP contribution in [-0.2, 0) is 20.6 Å². The highest BCUT2D eigenvalue weighted by Crippen LogP contribution is 2.33. The van der Waals surface area contributed by atoms with E-state index in [9.17, 15) is 19.2 Å². The Kier molecular flexibility index (Phi) is 10.5. The first kappa shape index (κ1) is 32.1. The lowest BCUT2D eigenvalue weighted by atomic mass is 10.0. The molecule has 0 aliphatic carbocycles. The summed E-state index contributed by atoms with van der Waals surface area (Å²) in [6.07, 6.45) is 4.33. The van der Waals surface area contributed by atoms with Gasteiger partial charge in [-0.3, -0.25) is 14.3 Å². The number of ether oxygens (including phenoxy) is 3. The van der Waals surface area contributed by atoms with E-state index in [2.05, 4.69) is 11.9 Å². The van der Waals surface area contributed by atoms with E-state index in [1.807, 2.05) is 49.6 Å². The number of thiophene rings is 1. The van der Waals surface area contributed by atoms with E-state index in [1.54, 1.807) is 24.3 Å². The van der Waals surface area contributed by atoms with Gasteiger partial charge in [-0.2, -0.15) is 0 Å². The predicted octanol–water partition coefficient (Wildman–Crippen LogP) is 6.37. The number of esters is 2. The Balaban J connectivity index is 1.39. The number of aryl methyl sites for hydroxylation is 3. The lowest BCUT2D eigenvalue weighted by Gasteiger charge is -2.19. The molecule has 1 N–H and O–H groups in total. The molecule has 0 saturated carbocycles. The van der Waals surface area contributed by atoms with Gasteiger partial charge in [0.15, 0.2) is 0 Å². The van der Waals surface area contributed by atoms with Crippen LogP contribution in [0.1, 0.15) is 82.7 Å². The summed E-state index contributed by atoms with van der Waals surface area (Å²) >= 11 is 1.45. The second kappa shape index (κ2) is 14.7. The normalized spacial score (nSPS) is 17.7. The summed E-state index contributed by atoms with van der Waals surface area (Å²) in [5, 5.41) is 1.95. The zero-order valence-corrected chi connectivity index (χ0v) is 26.6. The molecule has 0 bridgehead atoms. The van der Waals surface area contributed by atoms with Gasteiger partial charge in [-0.25, -0.2) is 14.4 Å². The average Bonchev–Trinajstić information content (AvgIpc) is 3.65. The molecule has 1 aliphatic heterocycles. The van der Waals surface area contributed by atoms with E-state index in [4.69, 9.17) is 14.2 Å². The maximum atomic E-state index is 13.1. The Labute approximate surface area is 265 Å². The fraction of sp³-hybridized carbons (Fsp3) is 0.371. The van der Waals surface area contributed by atoms with Crippen molar-refractivity contribution in [1.29, 1.82) is 0 Å². The Morgan fingerprint density at radius 3 is 2.27 bits per heavy atom. The third-order valence-corrected chi connectivity index (χ3v) is 8.95. The van der Waals surface area contributed by atoms with Crippen LogP contribution in [0.2, 0.25) is 0 Å². The highest BCUT2D eigenvalue weighted by Gasteiger charge is 2.40. The van der Waals surface area contributed by atoms with Gasteiger partial charge < -0.3 is 14.2 Å². The van der Waals surface area contributed by atoms with Crippen LogP contribution in [0.3, 0.4) is 0 Å². The van der Waals surface area contributed by atoms with Crippen molar-refractivity contribution in [2.45, 2.75) is 77.7 Å². The fourth-order valence-corrected chi connectivity index (χ4v) is 6.31. The number of carbonyl (C=O) groups is 2. The van der Waals surface area contributed by atoms with Crippen LogP contribution in [-0.4, -0.2) is 40.3 Å². The van der Waals surface area contributed by atoms with Gasteiger partial charge in [0.2, 0.25) is 0 Å². The predicted molar refractivity (Wildman–Crippen MR) is 173 cm³/mol. The van der Waals surface area contributed by atoms with E-state index in [-0.39, 0.29) is 13.0 Å². The third-order valence-electron chi connectivity index (χ3n) is 7.96. The number of nitrogens with zero attached hydrogens (tertiary/aromatic N) is 1. The summed E-state index contributed by atoms with van der Waals surface area (Å²) in [4.78, 5) is 55.2. The molecule has 0 amide bonds. The van der Waals surface area contributed by atoms with Gasteiger partial charge in [0.25, 0.3) is 5.56 Å². The van der Waals surface area contributed by atoms with Crippen molar-refractivity contribution in [1.82, 2.24) is 9.55 Å². The van der Waals surface area contributed by atoms with Crippen molar-refractivity contribution >= 4 is 23.3 Å². The molecule has 3 heterocycles. The van der Waals surface area contributed by atoms with Crippen LogP contribution in [0.25, 0.3) is 10.4 Å². The molecule has 1 fully saturated rings. The Morgan fingerprint density at radius 1 is 0.933 bits per heavy atom. The minimum absolute atomic E-state index is 0.115. The molecule has 4 aromatic rings. The quantitative estimate of drug-likeness (QED) is 0.143. The van der Waals surface area contributed by atoms with Crippen molar-refractivity contribution in [2.75, 3.05) is 6.61 Å². The topological polar surface area (TPSA) is 117 Å². The van der Waals surface area contributed by atoms with E-state index in [1.165, 1.54) is 22.1 Å². The molecule has 10 heteroatoms. The average molecular weight is 631 g/mol. The number of rotatable bonds is 12. The minimum Gasteiger partial charge on any atom is -0.459 e. The van der Waals surface area contributed by atoms with Crippen molar-refractivity contribution in [3.8, 4) is 10.4 Å². The fourth-order valence-electron chi connectivity index (χ4n) is 5.34. The number of hydrogen-bond acceptors (Lipinski definition) is 8. The summed E-state index contributed by atoms with van der Waals surface area (Å²) in [7, 11) is 0. The molecule has 1 aliphatic rings. The molecular weight excluding hydrogens is 592 g/mol. The van der Waals surface area contributed by atoms with Crippen LogP contribution in [0.4, 0.5) is 0 Å². The molecular formula is C35H38N2O7S. The summed E-state index contributed by atoms with van der Waals surface area (Å²) in [6.45, 7) is 5.81. The van der Waals surface area contributed by atoms with Gasteiger partial charge in [0.05, 0.1) is 16.7 Å². The zero-order chi connectivity index (χ0) is 31.9. The van der Waals surface area contributed by atoms with Gasteiger partial charge in [0, 0.05) is 17.5 Å². The number of aromatic amines is 1. The number of nitrogens with one attached hydrogen (secondary N) is 1. The Hall–Kier alpha value is -4.28. The first-order chi connectivity index (χ1) is 21.7. The molecule has 0 spiro atoms. The summed E-state index contributed by atoms with van der Waals surface area (Å²) < 4.78 is 19.0. The van der Waals surface area contributed by atoms with Crippen LogP contribution >= 0.6 is 11.3 Å². The van der Waals surface area contributed by atoms with Gasteiger partial charge in [0.1, 0.15) is 25.0 Å².